The summed E-state index contributed by atoms with van der Waals surface area (Å²) in [5.74, 6) is 0.305. The fourth-order valence-corrected chi connectivity index (χ4v) is 2.22. The van der Waals surface area contributed by atoms with Crippen LogP contribution in [-0.4, -0.2) is 47.8 Å². The lowest BCUT2D eigenvalue weighted by atomic mass is 10.2. The molecule has 1 aromatic rings. The van der Waals surface area contributed by atoms with Crippen molar-refractivity contribution < 1.29 is 14.1 Å². The minimum absolute atomic E-state index is 0.0903. The van der Waals surface area contributed by atoms with Crippen LogP contribution in [0.15, 0.2) is 10.6 Å². The minimum Gasteiger partial charge on any atom is -0.373 e. The van der Waals surface area contributed by atoms with E-state index in [0.29, 0.717) is 12.4 Å². The SMILES string of the molecule is Cc1cc(NC(=O)CN2C[C@H](C)O[C@@H](C)C2)on1. The van der Waals surface area contributed by atoms with Gasteiger partial charge in [-0.2, -0.15) is 0 Å². The smallest absolute Gasteiger partial charge is 0.240 e. The number of nitrogens with one attached hydrogen (secondary N) is 1. The Kier molecular flexibility index (Phi) is 3.98. The second-order valence-electron chi connectivity index (χ2n) is 4.83. The molecule has 6 nitrogen and oxygen atoms in total. The van der Waals surface area contributed by atoms with E-state index in [9.17, 15) is 4.79 Å². The second-order valence-corrected chi connectivity index (χ2v) is 4.83. The van der Waals surface area contributed by atoms with Gasteiger partial charge < -0.3 is 9.26 Å². The highest BCUT2D eigenvalue weighted by atomic mass is 16.5. The summed E-state index contributed by atoms with van der Waals surface area (Å²) in [6.07, 6.45) is 0.322. The molecule has 0 radical (unpaired) electrons. The number of anilines is 1. The molecule has 1 aromatic heterocycles. The first kappa shape index (κ1) is 13.0. The molecule has 0 aliphatic carbocycles. The maximum absolute atomic E-state index is 11.8. The molecule has 2 heterocycles. The number of rotatable bonds is 3. The van der Waals surface area contributed by atoms with Gasteiger partial charge in [0.05, 0.1) is 24.4 Å². The van der Waals surface area contributed by atoms with Crippen LogP contribution in [-0.2, 0) is 9.53 Å². The summed E-state index contributed by atoms with van der Waals surface area (Å²) in [5, 5.41) is 6.41. The predicted octanol–water partition coefficient (Wildman–Crippen LogP) is 1.03. The summed E-state index contributed by atoms with van der Waals surface area (Å²) >= 11 is 0. The van der Waals surface area contributed by atoms with E-state index < -0.39 is 0 Å². The predicted molar refractivity (Wildman–Crippen MR) is 66.3 cm³/mol. The van der Waals surface area contributed by atoms with Gasteiger partial charge >= 0.3 is 0 Å². The molecule has 0 bridgehead atoms. The topological polar surface area (TPSA) is 67.6 Å². The first-order chi connectivity index (χ1) is 8.52. The average Bonchev–Trinajstić information content (AvgIpc) is 2.61. The van der Waals surface area contributed by atoms with Crippen molar-refractivity contribution in [3.63, 3.8) is 0 Å². The van der Waals surface area contributed by atoms with Gasteiger partial charge in [0.25, 0.3) is 0 Å². The molecule has 18 heavy (non-hydrogen) atoms. The third kappa shape index (κ3) is 3.54. The van der Waals surface area contributed by atoms with Crippen molar-refractivity contribution in [2.75, 3.05) is 25.0 Å². The fraction of sp³-hybridized carbons (Fsp3) is 0.667. The van der Waals surface area contributed by atoms with Crippen LogP contribution >= 0.6 is 0 Å². The van der Waals surface area contributed by atoms with Crippen LogP contribution in [0.5, 0.6) is 0 Å². The van der Waals surface area contributed by atoms with E-state index in [1.54, 1.807) is 6.07 Å². The standard InChI is InChI=1S/C12H19N3O3/c1-8-4-12(18-14-8)13-11(16)7-15-5-9(2)17-10(3)6-15/h4,9-10H,5-7H2,1-3H3,(H,13,16)/t9-,10-/m0/s1. The Morgan fingerprint density at radius 3 is 2.72 bits per heavy atom. The molecule has 1 aliphatic heterocycles. The van der Waals surface area contributed by atoms with Gasteiger partial charge in [-0.05, 0) is 20.8 Å². The lowest BCUT2D eigenvalue weighted by Crippen LogP contribution is -2.48. The van der Waals surface area contributed by atoms with Gasteiger partial charge in [0.1, 0.15) is 0 Å². The average molecular weight is 253 g/mol. The molecule has 0 aromatic carbocycles. The number of aryl methyl sites for hydroxylation is 1. The lowest BCUT2D eigenvalue weighted by molar-refractivity contribution is -0.121. The summed E-state index contributed by atoms with van der Waals surface area (Å²) in [4.78, 5) is 13.9. The van der Waals surface area contributed by atoms with Crippen LogP contribution in [0.1, 0.15) is 19.5 Å². The number of carbonyl (C=O) groups is 1. The first-order valence-electron chi connectivity index (χ1n) is 6.14. The first-order valence-corrected chi connectivity index (χ1v) is 6.14. The van der Waals surface area contributed by atoms with E-state index in [1.807, 2.05) is 20.8 Å². The fourth-order valence-electron chi connectivity index (χ4n) is 2.22. The molecular weight excluding hydrogens is 234 g/mol. The molecule has 1 aliphatic rings. The number of hydrogen-bond acceptors (Lipinski definition) is 5. The van der Waals surface area contributed by atoms with E-state index in [0.717, 1.165) is 18.8 Å². The van der Waals surface area contributed by atoms with Gasteiger partial charge in [0.2, 0.25) is 11.8 Å². The summed E-state index contributed by atoms with van der Waals surface area (Å²) in [7, 11) is 0. The Morgan fingerprint density at radius 2 is 2.17 bits per heavy atom. The van der Waals surface area contributed by atoms with Gasteiger partial charge in [0, 0.05) is 19.2 Å². The van der Waals surface area contributed by atoms with Crippen LogP contribution in [0.25, 0.3) is 0 Å². The normalized spacial score (nSPS) is 25.1. The molecule has 0 saturated carbocycles. The quantitative estimate of drug-likeness (QED) is 0.871. The summed E-state index contributed by atoms with van der Waals surface area (Å²) in [6, 6.07) is 1.70. The number of amides is 1. The zero-order valence-electron chi connectivity index (χ0n) is 11.0. The van der Waals surface area contributed by atoms with Crippen molar-refractivity contribution in [3.05, 3.63) is 11.8 Å². The van der Waals surface area contributed by atoms with Crippen molar-refractivity contribution >= 4 is 11.8 Å². The van der Waals surface area contributed by atoms with Crippen molar-refractivity contribution in [2.45, 2.75) is 33.0 Å². The van der Waals surface area contributed by atoms with Gasteiger partial charge in [-0.15, -0.1) is 0 Å². The maximum Gasteiger partial charge on any atom is 0.240 e. The summed E-state index contributed by atoms with van der Waals surface area (Å²) in [5.41, 5.74) is 0.749. The van der Waals surface area contributed by atoms with E-state index in [-0.39, 0.29) is 18.1 Å². The van der Waals surface area contributed by atoms with Crippen LogP contribution < -0.4 is 5.32 Å². The highest BCUT2D eigenvalue weighted by Gasteiger charge is 2.23. The Balaban J connectivity index is 1.83. The van der Waals surface area contributed by atoms with Crippen molar-refractivity contribution in [3.8, 4) is 0 Å². The van der Waals surface area contributed by atoms with Crippen LogP contribution in [0.2, 0.25) is 0 Å². The van der Waals surface area contributed by atoms with E-state index in [1.165, 1.54) is 0 Å². The van der Waals surface area contributed by atoms with Gasteiger partial charge in [0.15, 0.2) is 0 Å². The zero-order valence-corrected chi connectivity index (χ0v) is 11.0. The second kappa shape index (κ2) is 5.49. The van der Waals surface area contributed by atoms with E-state index >= 15 is 0 Å². The van der Waals surface area contributed by atoms with Crippen molar-refractivity contribution in [1.29, 1.82) is 0 Å². The molecule has 2 atom stereocenters. The molecule has 6 heteroatoms. The maximum atomic E-state index is 11.8. The molecule has 0 spiro atoms. The highest BCUT2D eigenvalue weighted by Crippen LogP contribution is 2.11. The zero-order chi connectivity index (χ0) is 13.1. The minimum atomic E-state index is -0.0903. The summed E-state index contributed by atoms with van der Waals surface area (Å²) < 4.78 is 10.6. The van der Waals surface area contributed by atoms with Crippen LogP contribution in [0.3, 0.4) is 0 Å². The molecular formula is C12H19N3O3. The largest absolute Gasteiger partial charge is 0.373 e. The third-order valence-electron chi connectivity index (χ3n) is 2.75. The Bertz CT molecular complexity index is 408. The molecule has 1 fully saturated rings. The number of nitrogens with zero attached hydrogens (tertiary/aromatic N) is 2. The number of carbonyl (C=O) groups excluding carboxylic acids is 1. The number of hydrogen-bond donors (Lipinski definition) is 1. The highest BCUT2D eigenvalue weighted by molar-refractivity contribution is 5.90. The van der Waals surface area contributed by atoms with Gasteiger partial charge in [-0.25, -0.2) is 0 Å². The number of morpholine rings is 1. The van der Waals surface area contributed by atoms with Crippen LogP contribution in [0, 0.1) is 6.92 Å². The Morgan fingerprint density at radius 1 is 1.50 bits per heavy atom. The van der Waals surface area contributed by atoms with Crippen molar-refractivity contribution in [2.24, 2.45) is 0 Å². The number of ether oxygens (including phenoxy) is 1. The lowest BCUT2D eigenvalue weighted by Gasteiger charge is -2.34. The van der Waals surface area contributed by atoms with Crippen LogP contribution in [0.4, 0.5) is 5.88 Å². The Hall–Kier alpha value is -1.40. The monoisotopic (exact) mass is 253 g/mol. The number of aromatic nitrogens is 1. The molecule has 1 N–H and O–H groups in total. The van der Waals surface area contributed by atoms with E-state index in [4.69, 9.17) is 9.26 Å². The molecule has 1 saturated heterocycles. The molecule has 0 unspecified atom stereocenters. The molecule has 1 amide bonds. The van der Waals surface area contributed by atoms with E-state index in [2.05, 4.69) is 15.4 Å². The van der Waals surface area contributed by atoms with Gasteiger partial charge in [-0.3, -0.25) is 15.0 Å². The summed E-state index contributed by atoms with van der Waals surface area (Å²) in [6.45, 7) is 7.73. The van der Waals surface area contributed by atoms with Gasteiger partial charge in [-0.1, -0.05) is 5.16 Å². The Labute approximate surface area is 106 Å². The van der Waals surface area contributed by atoms with Crippen molar-refractivity contribution in [1.82, 2.24) is 10.1 Å². The molecule has 2 rings (SSSR count). The molecule has 100 valence electrons. The third-order valence-corrected chi connectivity index (χ3v) is 2.75.